The predicted molar refractivity (Wildman–Crippen MR) is 103 cm³/mol. The van der Waals surface area contributed by atoms with Crippen LogP contribution in [0.25, 0.3) is 0 Å². The molecule has 2 aromatic rings. The van der Waals surface area contributed by atoms with Gasteiger partial charge in [-0.15, -0.1) is 0 Å². The fourth-order valence-electron chi connectivity index (χ4n) is 2.08. The minimum atomic E-state index is -0.975. The van der Waals surface area contributed by atoms with Gasteiger partial charge in [-0.05, 0) is 44.2 Å². The van der Waals surface area contributed by atoms with Crippen molar-refractivity contribution in [2.75, 3.05) is 11.9 Å². The van der Waals surface area contributed by atoms with Crippen molar-refractivity contribution < 1.29 is 23.9 Å². The average Bonchev–Trinajstić information content (AvgIpc) is 2.62. The summed E-state index contributed by atoms with van der Waals surface area (Å²) in [4.78, 5) is 35.3. The number of nitrogens with one attached hydrogen (secondary N) is 1. The molecule has 0 aliphatic carbocycles. The van der Waals surface area contributed by atoms with Crippen molar-refractivity contribution >= 4 is 46.5 Å². The summed E-state index contributed by atoms with van der Waals surface area (Å²) < 4.78 is 10.4. The second kappa shape index (κ2) is 9.39. The summed E-state index contributed by atoms with van der Waals surface area (Å²) in [5.41, 5.74) is 0.896. The zero-order valence-electron chi connectivity index (χ0n) is 14.6. The van der Waals surface area contributed by atoms with E-state index in [1.165, 1.54) is 32.0 Å². The van der Waals surface area contributed by atoms with Gasteiger partial charge >= 0.3 is 5.97 Å². The number of benzene rings is 2. The van der Waals surface area contributed by atoms with E-state index in [2.05, 4.69) is 5.32 Å². The summed E-state index contributed by atoms with van der Waals surface area (Å²) in [6, 6.07) is 11.0. The molecule has 27 heavy (non-hydrogen) atoms. The molecule has 0 saturated carbocycles. The first kappa shape index (κ1) is 20.7. The van der Waals surface area contributed by atoms with Gasteiger partial charge in [-0.2, -0.15) is 0 Å². The van der Waals surface area contributed by atoms with Gasteiger partial charge in [-0.1, -0.05) is 35.3 Å². The summed E-state index contributed by atoms with van der Waals surface area (Å²) >= 11 is 11.8. The van der Waals surface area contributed by atoms with E-state index in [4.69, 9.17) is 32.7 Å². The monoisotopic (exact) mass is 409 g/mol. The number of esters is 1. The number of rotatable bonds is 7. The van der Waals surface area contributed by atoms with E-state index in [-0.39, 0.29) is 16.6 Å². The Bertz CT molecular complexity index is 869. The molecule has 0 aliphatic rings. The Labute approximate surface area is 166 Å². The molecule has 0 spiro atoms. The topological polar surface area (TPSA) is 81.7 Å². The molecule has 1 atom stereocenters. The number of amides is 1. The molecule has 142 valence electrons. The number of Topliss-reactive ketones (excluding diaryl/α,β-unsaturated/α-hetero) is 1. The van der Waals surface area contributed by atoms with Gasteiger partial charge in [0.1, 0.15) is 5.75 Å². The van der Waals surface area contributed by atoms with Crippen LogP contribution in [0.2, 0.25) is 10.0 Å². The first-order valence-corrected chi connectivity index (χ1v) is 8.71. The molecule has 0 radical (unpaired) electrons. The van der Waals surface area contributed by atoms with Crippen molar-refractivity contribution in [1.29, 1.82) is 0 Å². The summed E-state index contributed by atoms with van der Waals surface area (Å²) in [5.74, 6) is -1.12. The van der Waals surface area contributed by atoms with Crippen LogP contribution >= 0.6 is 23.2 Å². The van der Waals surface area contributed by atoms with E-state index in [0.29, 0.717) is 16.3 Å². The molecule has 0 aromatic heterocycles. The summed E-state index contributed by atoms with van der Waals surface area (Å²) in [6.45, 7) is 2.41. The Kier molecular flexibility index (Phi) is 7.21. The summed E-state index contributed by atoms with van der Waals surface area (Å²) in [6.07, 6.45) is -0.975. The largest absolute Gasteiger partial charge is 0.477 e. The molecule has 0 heterocycles. The van der Waals surface area contributed by atoms with Gasteiger partial charge in [-0.25, -0.2) is 4.79 Å². The van der Waals surface area contributed by atoms with Crippen LogP contribution in [-0.2, 0) is 14.3 Å². The maximum atomic E-state index is 12.0. The molecule has 0 bridgehead atoms. The zero-order chi connectivity index (χ0) is 20.0. The number of halogens is 2. The van der Waals surface area contributed by atoms with Gasteiger partial charge in [0.05, 0.1) is 5.02 Å². The molecule has 0 unspecified atom stereocenters. The fraction of sp³-hybridized carbons (Fsp3) is 0.211. The van der Waals surface area contributed by atoms with Gasteiger partial charge in [0.15, 0.2) is 18.5 Å². The molecular weight excluding hydrogens is 393 g/mol. The SMILES string of the molecule is CC(=O)c1cccc(NC(=O)COC(=O)[C@@H](C)Oc2ccc(Cl)cc2Cl)c1. The zero-order valence-corrected chi connectivity index (χ0v) is 16.1. The molecule has 0 fully saturated rings. The van der Waals surface area contributed by atoms with Crippen molar-refractivity contribution in [1.82, 2.24) is 0 Å². The van der Waals surface area contributed by atoms with Gasteiger partial charge in [0.25, 0.3) is 5.91 Å². The third kappa shape index (κ3) is 6.27. The molecule has 1 amide bonds. The quantitative estimate of drug-likeness (QED) is 0.548. The number of carbonyl (C=O) groups is 3. The Morgan fingerprint density at radius 2 is 1.85 bits per heavy atom. The second-order valence-electron chi connectivity index (χ2n) is 5.63. The first-order valence-electron chi connectivity index (χ1n) is 7.95. The highest BCUT2D eigenvalue weighted by Crippen LogP contribution is 2.28. The highest BCUT2D eigenvalue weighted by Gasteiger charge is 2.19. The lowest BCUT2D eigenvalue weighted by molar-refractivity contribution is -0.153. The van der Waals surface area contributed by atoms with Crippen LogP contribution < -0.4 is 10.1 Å². The molecule has 2 aromatic carbocycles. The predicted octanol–water partition coefficient (Wildman–Crippen LogP) is 4.15. The van der Waals surface area contributed by atoms with Crippen LogP contribution in [-0.4, -0.2) is 30.4 Å². The molecule has 6 nitrogen and oxygen atoms in total. The number of ketones is 1. The Morgan fingerprint density at radius 1 is 1.11 bits per heavy atom. The van der Waals surface area contributed by atoms with Crippen LogP contribution in [0.15, 0.2) is 42.5 Å². The lowest BCUT2D eigenvalue weighted by atomic mass is 10.1. The van der Waals surface area contributed by atoms with E-state index < -0.39 is 24.6 Å². The molecule has 0 aliphatic heterocycles. The number of anilines is 1. The Hall–Kier alpha value is -2.57. The van der Waals surface area contributed by atoms with E-state index in [0.717, 1.165) is 0 Å². The highest BCUT2D eigenvalue weighted by molar-refractivity contribution is 6.35. The van der Waals surface area contributed by atoms with Crippen molar-refractivity contribution in [3.05, 3.63) is 58.1 Å². The maximum absolute atomic E-state index is 12.0. The number of hydrogen-bond acceptors (Lipinski definition) is 5. The lowest BCUT2D eigenvalue weighted by Crippen LogP contribution is -2.29. The maximum Gasteiger partial charge on any atom is 0.347 e. The van der Waals surface area contributed by atoms with Crippen molar-refractivity contribution in [2.45, 2.75) is 20.0 Å². The molecule has 1 N–H and O–H groups in total. The highest BCUT2D eigenvalue weighted by atomic mass is 35.5. The number of ether oxygens (including phenoxy) is 2. The third-order valence-corrected chi connectivity index (χ3v) is 3.96. The standard InChI is InChI=1S/C19H17Cl2NO5/c1-11(23)13-4-3-5-15(8-13)22-18(24)10-26-19(25)12(2)27-17-7-6-14(20)9-16(17)21/h3-9,12H,10H2,1-2H3,(H,22,24)/t12-/m1/s1. The van der Waals surface area contributed by atoms with Crippen LogP contribution in [0.4, 0.5) is 5.69 Å². The molecule has 0 saturated heterocycles. The van der Waals surface area contributed by atoms with Gasteiger partial charge < -0.3 is 14.8 Å². The van der Waals surface area contributed by atoms with Gasteiger partial charge in [0, 0.05) is 16.3 Å². The minimum Gasteiger partial charge on any atom is -0.477 e. The fourth-order valence-corrected chi connectivity index (χ4v) is 2.53. The van der Waals surface area contributed by atoms with Gasteiger partial charge in [0.2, 0.25) is 0 Å². The smallest absolute Gasteiger partial charge is 0.347 e. The molecule has 8 heteroatoms. The van der Waals surface area contributed by atoms with Crippen LogP contribution in [0.1, 0.15) is 24.2 Å². The Balaban J connectivity index is 1.86. The van der Waals surface area contributed by atoms with E-state index in [1.807, 2.05) is 0 Å². The normalized spacial score (nSPS) is 11.4. The third-order valence-electron chi connectivity index (χ3n) is 3.43. The number of carbonyl (C=O) groups excluding carboxylic acids is 3. The van der Waals surface area contributed by atoms with E-state index >= 15 is 0 Å². The van der Waals surface area contributed by atoms with Crippen molar-refractivity contribution in [3.8, 4) is 5.75 Å². The minimum absolute atomic E-state index is 0.121. The van der Waals surface area contributed by atoms with Crippen LogP contribution in [0.3, 0.4) is 0 Å². The summed E-state index contributed by atoms with van der Waals surface area (Å²) in [5, 5.41) is 3.24. The number of hydrogen-bond donors (Lipinski definition) is 1. The van der Waals surface area contributed by atoms with E-state index in [9.17, 15) is 14.4 Å². The van der Waals surface area contributed by atoms with Crippen LogP contribution in [0, 0.1) is 0 Å². The average molecular weight is 410 g/mol. The Morgan fingerprint density at radius 3 is 2.52 bits per heavy atom. The molecule has 2 rings (SSSR count). The summed E-state index contributed by atoms with van der Waals surface area (Å²) in [7, 11) is 0. The van der Waals surface area contributed by atoms with Crippen molar-refractivity contribution in [3.63, 3.8) is 0 Å². The van der Waals surface area contributed by atoms with Crippen LogP contribution in [0.5, 0.6) is 5.75 Å². The molecular formula is C19H17Cl2NO5. The van der Waals surface area contributed by atoms with Crippen molar-refractivity contribution in [2.24, 2.45) is 0 Å². The first-order chi connectivity index (χ1) is 12.8. The lowest BCUT2D eigenvalue weighted by Gasteiger charge is -2.15. The van der Waals surface area contributed by atoms with E-state index in [1.54, 1.807) is 24.3 Å². The van der Waals surface area contributed by atoms with Gasteiger partial charge in [-0.3, -0.25) is 9.59 Å². The second-order valence-corrected chi connectivity index (χ2v) is 6.47.